The first-order valence-corrected chi connectivity index (χ1v) is 9.92. The van der Waals surface area contributed by atoms with E-state index < -0.39 is 18.4 Å². The number of benzene rings is 2. The van der Waals surface area contributed by atoms with Crippen LogP contribution < -0.4 is 10.1 Å². The lowest BCUT2D eigenvalue weighted by Crippen LogP contribution is -2.43. The van der Waals surface area contributed by atoms with Gasteiger partial charge >= 0.3 is 6.61 Å². The zero-order chi connectivity index (χ0) is 22.0. The molecule has 7 nitrogen and oxygen atoms in total. The van der Waals surface area contributed by atoms with Crippen molar-refractivity contribution in [3.05, 3.63) is 53.9 Å². The number of rotatable bonds is 5. The van der Waals surface area contributed by atoms with E-state index in [9.17, 15) is 18.4 Å². The van der Waals surface area contributed by atoms with Crippen LogP contribution in [0.3, 0.4) is 0 Å². The Bertz CT molecular complexity index is 1120. The van der Waals surface area contributed by atoms with Gasteiger partial charge in [0.1, 0.15) is 11.3 Å². The SMILES string of the molecule is Cc1nc2cc(NC(=O)C3CCCN(C(=O)c4ccccc4OC(F)F)C3)ccc2o1. The molecule has 1 atom stereocenters. The van der Waals surface area contributed by atoms with Crippen LogP contribution in [0.2, 0.25) is 0 Å². The Morgan fingerprint density at radius 2 is 2.06 bits per heavy atom. The van der Waals surface area contributed by atoms with Crippen molar-refractivity contribution in [1.29, 1.82) is 0 Å². The summed E-state index contributed by atoms with van der Waals surface area (Å²) in [5, 5.41) is 2.87. The molecule has 1 aliphatic rings. The molecule has 2 heterocycles. The summed E-state index contributed by atoms with van der Waals surface area (Å²) < 4.78 is 35.2. The second-order valence-corrected chi connectivity index (χ2v) is 7.37. The van der Waals surface area contributed by atoms with Gasteiger partial charge in [0.25, 0.3) is 5.91 Å². The smallest absolute Gasteiger partial charge is 0.387 e. The normalized spacial score (nSPS) is 16.5. The molecule has 1 fully saturated rings. The minimum absolute atomic E-state index is 0.0516. The van der Waals surface area contributed by atoms with Crippen molar-refractivity contribution in [3.63, 3.8) is 0 Å². The molecule has 162 valence electrons. The van der Waals surface area contributed by atoms with Gasteiger partial charge in [0, 0.05) is 25.7 Å². The molecule has 2 aromatic carbocycles. The summed E-state index contributed by atoms with van der Waals surface area (Å²) in [7, 11) is 0. The van der Waals surface area contributed by atoms with Gasteiger partial charge in [0.15, 0.2) is 11.5 Å². The lowest BCUT2D eigenvalue weighted by molar-refractivity contribution is -0.121. The highest BCUT2D eigenvalue weighted by atomic mass is 19.3. The highest BCUT2D eigenvalue weighted by Gasteiger charge is 2.30. The van der Waals surface area contributed by atoms with Gasteiger partial charge in [-0.15, -0.1) is 0 Å². The fraction of sp³-hybridized carbons (Fsp3) is 0.318. The molecule has 1 unspecified atom stereocenters. The van der Waals surface area contributed by atoms with Crippen molar-refractivity contribution < 1.29 is 27.5 Å². The number of carbonyl (C=O) groups excluding carboxylic acids is 2. The molecule has 0 spiro atoms. The molecule has 31 heavy (non-hydrogen) atoms. The number of aromatic nitrogens is 1. The largest absolute Gasteiger partial charge is 0.441 e. The fourth-order valence-electron chi connectivity index (χ4n) is 3.75. The second-order valence-electron chi connectivity index (χ2n) is 7.37. The van der Waals surface area contributed by atoms with Crippen LogP contribution in [0.5, 0.6) is 5.75 Å². The van der Waals surface area contributed by atoms with E-state index >= 15 is 0 Å². The highest BCUT2D eigenvalue weighted by molar-refractivity contribution is 5.98. The predicted molar refractivity (Wildman–Crippen MR) is 109 cm³/mol. The number of oxazole rings is 1. The Kier molecular flexibility index (Phi) is 5.83. The van der Waals surface area contributed by atoms with Crippen LogP contribution in [0, 0.1) is 12.8 Å². The van der Waals surface area contributed by atoms with Crippen LogP contribution in [-0.4, -0.2) is 41.4 Å². The molecular formula is C22H21F2N3O4. The Balaban J connectivity index is 1.45. The predicted octanol–water partition coefficient (Wildman–Crippen LogP) is 4.23. The molecule has 4 rings (SSSR count). The van der Waals surface area contributed by atoms with Crippen molar-refractivity contribution >= 4 is 28.6 Å². The third-order valence-electron chi connectivity index (χ3n) is 5.17. The number of nitrogens with one attached hydrogen (secondary N) is 1. The monoisotopic (exact) mass is 429 g/mol. The molecule has 1 aliphatic heterocycles. The summed E-state index contributed by atoms with van der Waals surface area (Å²) in [5.41, 5.74) is 1.92. The van der Waals surface area contributed by atoms with E-state index in [2.05, 4.69) is 15.0 Å². The first kappa shape index (κ1) is 20.8. The van der Waals surface area contributed by atoms with Gasteiger partial charge in [-0.2, -0.15) is 8.78 Å². The molecular weight excluding hydrogens is 408 g/mol. The van der Waals surface area contributed by atoms with Crippen molar-refractivity contribution in [2.75, 3.05) is 18.4 Å². The molecule has 0 saturated carbocycles. The first-order valence-electron chi connectivity index (χ1n) is 9.92. The van der Waals surface area contributed by atoms with E-state index in [-0.39, 0.29) is 23.8 Å². The van der Waals surface area contributed by atoms with Crippen molar-refractivity contribution in [3.8, 4) is 5.75 Å². The lowest BCUT2D eigenvalue weighted by Gasteiger charge is -2.32. The first-order chi connectivity index (χ1) is 14.9. The van der Waals surface area contributed by atoms with E-state index in [0.29, 0.717) is 42.1 Å². The number of ether oxygens (including phenoxy) is 1. The number of hydrogen-bond donors (Lipinski definition) is 1. The fourth-order valence-corrected chi connectivity index (χ4v) is 3.75. The molecule has 3 aromatic rings. The maximum Gasteiger partial charge on any atom is 0.387 e. The van der Waals surface area contributed by atoms with Crippen molar-refractivity contribution in [1.82, 2.24) is 9.88 Å². The Morgan fingerprint density at radius 3 is 2.87 bits per heavy atom. The molecule has 9 heteroatoms. The van der Waals surface area contributed by atoms with Gasteiger partial charge in [0.2, 0.25) is 5.91 Å². The third-order valence-corrected chi connectivity index (χ3v) is 5.17. The number of anilines is 1. The molecule has 1 aromatic heterocycles. The summed E-state index contributed by atoms with van der Waals surface area (Å²) in [4.78, 5) is 31.5. The Labute approximate surface area is 177 Å². The van der Waals surface area contributed by atoms with Gasteiger partial charge in [-0.1, -0.05) is 12.1 Å². The van der Waals surface area contributed by atoms with Crippen LogP contribution in [0.25, 0.3) is 11.1 Å². The Morgan fingerprint density at radius 1 is 1.26 bits per heavy atom. The van der Waals surface area contributed by atoms with Gasteiger partial charge in [0.05, 0.1) is 11.5 Å². The average molecular weight is 429 g/mol. The highest BCUT2D eigenvalue weighted by Crippen LogP contribution is 2.26. The lowest BCUT2D eigenvalue weighted by atomic mass is 9.96. The number of piperidine rings is 1. The second kappa shape index (κ2) is 8.71. The molecule has 1 N–H and O–H groups in total. The minimum atomic E-state index is -3.03. The number of halogens is 2. The van der Waals surface area contributed by atoms with Gasteiger partial charge in [-0.25, -0.2) is 4.98 Å². The molecule has 0 aliphatic carbocycles. The average Bonchev–Trinajstić information content (AvgIpc) is 3.12. The maximum absolute atomic E-state index is 12.9. The van der Waals surface area contributed by atoms with E-state index in [1.165, 1.54) is 23.1 Å². The standard InChI is InChI=1S/C22H21F2N3O4/c1-13-25-17-11-15(8-9-19(17)30-13)26-20(28)14-5-4-10-27(12-14)21(29)16-6-2-3-7-18(16)31-22(23)24/h2-3,6-9,11,14,22H,4-5,10,12H2,1H3,(H,26,28). The number of aryl methyl sites for hydroxylation is 1. The molecule has 0 radical (unpaired) electrons. The van der Waals surface area contributed by atoms with E-state index in [0.717, 1.165) is 0 Å². The van der Waals surface area contributed by atoms with Crippen molar-refractivity contribution in [2.24, 2.45) is 5.92 Å². The van der Waals surface area contributed by atoms with Crippen LogP contribution in [0.4, 0.5) is 14.5 Å². The zero-order valence-electron chi connectivity index (χ0n) is 16.8. The number of nitrogens with zero attached hydrogens (tertiary/aromatic N) is 2. The summed E-state index contributed by atoms with van der Waals surface area (Å²) in [6.07, 6.45) is 1.25. The van der Waals surface area contributed by atoms with Crippen molar-refractivity contribution in [2.45, 2.75) is 26.4 Å². The molecule has 1 saturated heterocycles. The van der Waals surface area contributed by atoms with E-state index in [4.69, 9.17) is 4.42 Å². The van der Waals surface area contributed by atoms with E-state index in [1.54, 1.807) is 31.2 Å². The summed E-state index contributed by atoms with van der Waals surface area (Å²) in [6.45, 7) is -0.648. The third kappa shape index (κ3) is 4.65. The molecule has 2 amide bonds. The number of para-hydroxylation sites is 1. The van der Waals surface area contributed by atoms with Gasteiger partial charge in [-0.3, -0.25) is 9.59 Å². The number of carbonyl (C=O) groups is 2. The quantitative estimate of drug-likeness (QED) is 0.656. The zero-order valence-corrected chi connectivity index (χ0v) is 16.8. The van der Waals surface area contributed by atoms with E-state index in [1.807, 2.05) is 0 Å². The number of alkyl halides is 2. The molecule has 0 bridgehead atoms. The van der Waals surface area contributed by atoms with Crippen LogP contribution >= 0.6 is 0 Å². The number of hydrogen-bond acceptors (Lipinski definition) is 5. The number of amides is 2. The maximum atomic E-state index is 12.9. The number of fused-ring (bicyclic) bond motifs is 1. The van der Waals surface area contributed by atoms with Crippen LogP contribution in [0.1, 0.15) is 29.1 Å². The topological polar surface area (TPSA) is 84.7 Å². The number of likely N-dealkylation sites (tertiary alicyclic amines) is 1. The summed E-state index contributed by atoms with van der Waals surface area (Å²) in [5.74, 6) is -0.709. The van der Waals surface area contributed by atoms with Crippen LogP contribution in [-0.2, 0) is 4.79 Å². The summed E-state index contributed by atoms with van der Waals surface area (Å²) >= 11 is 0. The Hall–Kier alpha value is -3.49. The van der Waals surface area contributed by atoms with Gasteiger partial charge in [-0.05, 0) is 43.2 Å². The van der Waals surface area contributed by atoms with Gasteiger partial charge < -0.3 is 19.4 Å². The van der Waals surface area contributed by atoms with Crippen LogP contribution in [0.15, 0.2) is 46.9 Å². The summed E-state index contributed by atoms with van der Waals surface area (Å²) in [6, 6.07) is 11.1. The minimum Gasteiger partial charge on any atom is -0.441 e.